The molecule has 0 fully saturated rings. The maximum Gasteiger partial charge on any atom is 0.283 e. The van der Waals surface area contributed by atoms with E-state index in [0.717, 1.165) is 34.0 Å². The molecule has 0 atom stereocenters. The third-order valence-electron chi connectivity index (χ3n) is 5.07. The molecule has 142 valence electrons. The van der Waals surface area contributed by atoms with E-state index in [-0.39, 0.29) is 11.7 Å². The Hall–Kier alpha value is -2.86. The number of rotatable bonds is 3. The van der Waals surface area contributed by atoms with Gasteiger partial charge in [0.15, 0.2) is 5.17 Å². The fraction of sp³-hybridized carbons (Fsp3) is 0.227. The van der Waals surface area contributed by atoms with E-state index in [4.69, 9.17) is 5.41 Å². The van der Waals surface area contributed by atoms with Crippen molar-refractivity contribution in [2.24, 2.45) is 4.99 Å². The number of hydrogen-bond donors (Lipinski definition) is 1. The Labute approximate surface area is 169 Å². The van der Waals surface area contributed by atoms with Gasteiger partial charge in [0.25, 0.3) is 5.91 Å². The van der Waals surface area contributed by atoms with Crippen LogP contribution in [0.1, 0.15) is 36.4 Å². The number of aliphatic imine (C=N–C) groups is 1. The molecule has 0 radical (unpaired) electrons. The minimum absolute atomic E-state index is 0.177. The normalized spacial score (nSPS) is 17.9. The second-order valence-electron chi connectivity index (χ2n) is 7.00. The first-order chi connectivity index (χ1) is 13.4. The first-order valence-electron chi connectivity index (χ1n) is 9.26. The molecule has 6 heteroatoms. The SMILES string of the molecule is CCc1ccc(-n2c(C)cc(/C=C3/C(=N)N4C=C(C)SC4=NC3=O)c2C)cc1. The number of fused-ring (bicyclic) bond motifs is 1. The molecule has 1 amide bonds. The zero-order valence-corrected chi connectivity index (χ0v) is 17.2. The molecule has 28 heavy (non-hydrogen) atoms. The quantitative estimate of drug-likeness (QED) is 0.764. The van der Waals surface area contributed by atoms with Crippen LogP contribution >= 0.6 is 11.8 Å². The van der Waals surface area contributed by atoms with Crippen LogP contribution in [-0.2, 0) is 11.2 Å². The number of carbonyl (C=O) groups excluding carboxylic acids is 1. The predicted molar refractivity (Wildman–Crippen MR) is 116 cm³/mol. The number of allylic oxidation sites excluding steroid dienone is 1. The van der Waals surface area contributed by atoms with Crippen molar-refractivity contribution in [1.29, 1.82) is 5.41 Å². The van der Waals surface area contributed by atoms with Crippen molar-refractivity contribution in [3.8, 4) is 5.69 Å². The Morgan fingerprint density at radius 1 is 1.18 bits per heavy atom. The summed E-state index contributed by atoms with van der Waals surface area (Å²) in [7, 11) is 0. The molecule has 4 rings (SSSR count). The number of carbonyl (C=O) groups is 1. The van der Waals surface area contributed by atoms with Gasteiger partial charge in [-0.3, -0.25) is 15.1 Å². The average molecular weight is 391 g/mol. The molecule has 3 heterocycles. The number of benzene rings is 1. The Kier molecular flexibility index (Phi) is 4.59. The Bertz CT molecular complexity index is 1090. The van der Waals surface area contributed by atoms with Gasteiger partial charge in [-0.05, 0) is 62.6 Å². The van der Waals surface area contributed by atoms with E-state index in [9.17, 15) is 4.79 Å². The summed E-state index contributed by atoms with van der Waals surface area (Å²) in [6.07, 6.45) is 4.65. The summed E-state index contributed by atoms with van der Waals surface area (Å²) in [5.41, 5.74) is 5.76. The number of hydrogen-bond acceptors (Lipinski definition) is 3. The largest absolute Gasteiger partial charge is 0.318 e. The summed E-state index contributed by atoms with van der Waals surface area (Å²) in [5.74, 6) is -0.180. The van der Waals surface area contributed by atoms with Crippen LogP contribution < -0.4 is 0 Å². The summed E-state index contributed by atoms with van der Waals surface area (Å²) < 4.78 is 2.17. The van der Waals surface area contributed by atoms with E-state index in [1.165, 1.54) is 17.3 Å². The molecule has 2 aromatic rings. The summed E-state index contributed by atoms with van der Waals surface area (Å²) in [6, 6.07) is 10.6. The van der Waals surface area contributed by atoms with Crippen molar-refractivity contribution in [1.82, 2.24) is 9.47 Å². The number of nitrogens with one attached hydrogen (secondary N) is 1. The third kappa shape index (κ3) is 3.03. The standard InChI is InChI=1S/C22H22N4OS/c1-5-16-6-8-18(9-7-16)26-13(2)10-17(15(26)4)11-19-20(23)25-12-14(3)28-22(25)24-21(19)27/h6-12,23H,5H2,1-4H3/b19-11-,23-20?. The second-order valence-corrected chi connectivity index (χ2v) is 8.21. The van der Waals surface area contributed by atoms with Crippen molar-refractivity contribution in [2.75, 3.05) is 0 Å². The number of aryl methyl sites for hydroxylation is 2. The zero-order valence-electron chi connectivity index (χ0n) is 16.4. The molecule has 1 aromatic heterocycles. The fourth-order valence-electron chi connectivity index (χ4n) is 3.57. The summed E-state index contributed by atoms with van der Waals surface area (Å²) in [4.78, 5) is 19.4. The van der Waals surface area contributed by atoms with Crippen LogP contribution in [0.25, 0.3) is 11.8 Å². The zero-order chi connectivity index (χ0) is 20.0. The third-order valence-corrected chi connectivity index (χ3v) is 5.96. The van der Waals surface area contributed by atoms with Gasteiger partial charge >= 0.3 is 0 Å². The predicted octanol–water partition coefficient (Wildman–Crippen LogP) is 4.82. The lowest BCUT2D eigenvalue weighted by Crippen LogP contribution is -2.35. The van der Waals surface area contributed by atoms with Crippen molar-refractivity contribution >= 4 is 34.7 Å². The molecule has 1 N–H and O–H groups in total. The van der Waals surface area contributed by atoms with Crippen LogP contribution in [0.3, 0.4) is 0 Å². The number of amidine groups is 2. The highest BCUT2D eigenvalue weighted by atomic mass is 32.2. The van der Waals surface area contributed by atoms with Crippen molar-refractivity contribution in [2.45, 2.75) is 34.1 Å². The van der Waals surface area contributed by atoms with Gasteiger partial charge in [0.1, 0.15) is 5.84 Å². The lowest BCUT2D eigenvalue weighted by molar-refractivity contribution is -0.114. The highest BCUT2D eigenvalue weighted by Gasteiger charge is 2.33. The van der Waals surface area contributed by atoms with E-state index in [2.05, 4.69) is 53.7 Å². The minimum atomic E-state index is -0.357. The molecule has 1 aromatic carbocycles. The van der Waals surface area contributed by atoms with E-state index in [1.54, 1.807) is 11.0 Å². The molecule has 0 saturated carbocycles. The van der Waals surface area contributed by atoms with E-state index >= 15 is 0 Å². The van der Waals surface area contributed by atoms with Crippen LogP contribution in [0, 0.1) is 19.3 Å². The van der Waals surface area contributed by atoms with Crippen molar-refractivity contribution < 1.29 is 4.79 Å². The van der Waals surface area contributed by atoms with E-state index < -0.39 is 0 Å². The Balaban J connectivity index is 1.74. The second kappa shape index (κ2) is 6.95. The maximum atomic E-state index is 12.5. The number of nitrogens with zero attached hydrogens (tertiary/aromatic N) is 3. The van der Waals surface area contributed by atoms with Crippen LogP contribution in [-0.4, -0.2) is 26.4 Å². The number of thioether (sulfide) groups is 1. The molecular weight excluding hydrogens is 368 g/mol. The molecular formula is C22H22N4OS. The topological polar surface area (TPSA) is 61.5 Å². The molecule has 0 bridgehead atoms. The van der Waals surface area contributed by atoms with Gasteiger partial charge in [0.05, 0.1) is 5.57 Å². The van der Waals surface area contributed by atoms with Gasteiger partial charge in [-0.15, -0.1) is 0 Å². The highest BCUT2D eigenvalue weighted by Crippen LogP contribution is 2.33. The summed E-state index contributed by atoms with van der Waals surface area (Å²) >= 11 is 1.42. The lowest BCUT2D eigenvalue weighted by atomic mass is 10.1. The Morgan fingerprint density at radius 2 is 1.89 bits per heavy atom. The van der Waals surface area contributed by atoms with Gasteiger partial charge in [-0.2, -0.15) is 4.99 Å². The fourth-order valence-corrected chi connectivity index (χ4v) is 4.39. The average Bonchev–Trinajstić information content (AvgIpc) is 3.17. The van der Waals surface area contributed by atoms with Gasteiger partial charge < -0.3 is 4.57 Å². The highest BCUT2D eigenvalue weighted by molar-refractivity contribution is 8.17. The van der Waals surface area contributed by atoms with Crippen LogP contribution in [0.2, 0.25) is 0 Å². The van der Waals surface area contributed by atoms with Gasteiger partial charge in [0, 0.05) is 28.2 Å². The molecule has 2 aliphatic heterocycles. The molecule has 5 nitrogen and oxygen atoms in total. The van der Waals surface area contributed by atoms with Crippen molar-refractivity contribution in [3.05, 3.63) is 69.5 Å². The van der Waals surface area contributed by atoms with E-state index in [1.807, 2.05) is 20.0 Å². The monoisotopic (exact) mass is 390 g/mol. The molecule has 0 saturated heterocycles. The van der Waals surface area contributed by atoms with Crippen LogP contribution in [0.4, 0.5) is 0 Å². The minimum Gasteiger partial charge on any atom is -0.318 e. The lowest BCUT2D eigenvalue weighted by Gasteiger charge is -2.22. The first-order valence-corrected chi connectivity index (χ1v) is 10.1. The molecule has 0 spiro atoms. The van der Waals surface area contributed by atoms with Gasteiger partial charge in [-0.1, -0.05) is 30.8 Å². The van der Waals surface area contributed by atoms with Crippen LogP contribution in [0.15, 0.2) is 52.0 Å². The van der Waals surface area contributed by atoms with Gasteiger partial charge in [0.2, 0.25) is 0 Å². The number of amides is 1. The first kappa shape index (κ1) is 18.5. The summed E-state index contributed by atoms with van der Waals surface area (Å²) in [5, 5.41) is 9.04. The molecule has 0 unspecified atom stereocenters. The summed E-state index contributed by atoms with van der Waals surface area (Å²) in [6.45, 7) is 8.18. The Morgan fingerprint density at radius 3 is 2.57 bits per heavy atom. The molecule has 0 aliphatic carbocycles. The van der Waals surface area contributed by atoms with Crippen molar-refractivity contribution in [3.63, 3.8) is 0 Å². The van der Waals surface area contributed by atoms with E-state index in [0.29, 0.717) is 10.7 Å². The maximum absolute atomic E-state index is 12.5. The van der Waals surface area contributed by atoms with Crippen LogP contribution in [0.5, 0.6) is 0 Å². The smallest absolute Gasteiger partial charge is 0.283 e. The number of aromatic nitrogens is 1. The molecule has 2 aliphatic rings. The van der Waals surface area contributed by atoms with Gasteiger partial charge in [-0.25, -0.2) is 0 Å².